The molecule has 0 radical (unpaired) electrons. The summed E-state index contributed by atoms with van der Waals surface area (Å²) in [5, 5.41) is 7.33. The zero-order valence-electron chi connectivity index (χ0n) is 15.3. The van der Waals surface area contributed by atoms with Crippen molar-refractivity contribution in [3.8, 4) is 5.75 Å². The second-order valence-corrected chi connectivity index (χ2v) is 6.70. The highest BCUT2D eigenvalue weighted by Crippen LogP contribution is 2.41. The maximum Gasteiger partial charge on any atom is 0.272 e. The van der Waals surface area contributed by atoms with Crippen molar-refractivity contribution in [3.63, 3.8) is 0 Å². The molecule has 0 saturated heterocycles. The summed E-state index contributed by atoms with van der Waals surface area (Å²) in [6.07, 6.45) is 4.01. The highest BCUT2D eigenvalue weighted by molar-refractivity contribution is 5.92. The molecule has 0 aliphatic heterocycles. The maximum atomic E-state index is 12.7. The number of ether oxygens (including phenoxy) is 1. The number of carbonyl (C=O) groups excluding carboxylic acids is 1. The lowest BCUT2D eigenvalue weighted by Gasteiger charge is -2.19. The first-order valence-electron chi connectivity index (χ1n) is 9.15. The molecule has 6 nitrogen and oxygen atoms in total. The van der Waals surface area contributed by atoms with E-state index in [9.17, 15) is 9.59 Å². The van der Waals surface area contributed by atoms with E-state index in [-0.39, 0.29) is 23.2 Å². The van der Waals surface area contributed by atoms with Crippen LogP contribution in [0.15, 0.2) is 41.2 Å². The second-order valence-electron chi connectivity index (χ2n) is 6.70. The van der Waals surface area contributed by atoms with Gasteiger partial charge in [-0.3, -0.25) is 9.59 Å². The first-order valence-corrected chi connectivity index (χ1v) is 9.15. The molecular weight excluding hydrogens is 330 g/mol. The number of rotatable bonds is 8. The number of aryl methyl sites for hydroxylation is 1. The molecule has 3 rings (SSSR count). The van der Waals surface area contributed by atoms with E-state index in [0.29, 0.717) is 12.5 Å². The van der Waals surface area contributed by atoms with Gasteiger partial charge >= 0.3 is 0 Å². The molecule has 2 aromatic rings. The number of hydrogen-bond donors (Lipinski definition) is 1. The Bertz CT molecular complexity index is 810. The first-order chi connectivity index (χ1) is 12.6. The summed E-state index contributed by atoms with van der Waals surface area (Å²) in [7, 11) is 1.63. The topological polar surface area (TPSA) is 73.2 Å². The Kier molecular flexibility index (Phi) is 5.71. The van der Waals surface area contributed by atoms with Gasteiger partial charge in [0, 0.05) is 12.6 Å². The molecule has 1 unspecified atom stereocenters. The van der Waals surface area contributed by atoms with E-state index < -0.39 is 0 Å². The van der Waals surface area contributed by atoms with Crippen molar-refractivity contribution in [1.82, 2.24) is 15.1 Å². The molecule has 138 valence electrons. The summed E-state index contributed by atoms with van der Waals surface area (Å²) >= 11 is 0. The van der Waals surface area contributed by atoms with E-state index in [2.05, 4.69) is 17.3 Å². The fourth-order valence-electron chi connectivity index (χ4n) is 2.97. The van der Waals surface area contributed by atoms with Gasteiger partial charge in [-0.15, -0.1) is 0 Å². The number of aromatic nitrogens is 2. The molecule has 1 amide bonds. The van der Waals surface area contributed by atoms with Gasteiger partial charge in [0.1, 0.15) is 11.4 Å². The Balaban J connectivity index is 1.77. The molecule has 0 spiro atoms. The molecule has 1 aromatic heterocycles. The number of hydrogen-bond acceptors (Lipinski definition) is 4. The minimum Gasteiger partial charge on any atom is -0.497 e. The first kappa shape index (κ1) is 18.2. The summed E-state index contributed by atoms with van der Waals surface area (Å²) in [6.45, 7) is 2.58. The lowest BCUT2D eigenvalue weighted by molar-refractivity contribution is 0.0924. The van der Waals surface area contributed by atoms with E-state index in [1.807, 2.05) is 24.3 Å². The van der Waals surface area contributed by atoms with Crippen molar-refractivity contribution in [2.75, 3.05) is 7.11 Å². The van der Waals surface area contributed by atoms with Gasteiger partial charge in [-0.05, 0) is 48.9 Å². The Morgan fingerprint density at radius 1 is 1.27 bits per heavy atom. The van der Waals surface area contributed by atoms with Gasteiger partial charge in [0.15, 0.2) is 0 Å². The van der Waals surface area contributed by atoms with Gasteiger partial charge in [0.2, 0.25) is 0 Å². The molecule has 1 N–H and O–H groups in total. The monoisotopic (exact) mass is 355 g/mol. The SMILES string of the molecule is CCCCn1nc(C(=O)NC(c2ccc(OC)cc2)C2CC2)ccc1=O. The zero-order chi connectivity index (χ0) is 18.5. The lowest BCUT2D eigenvalue weighted by Crippen LogP contribution is -2.33. The van der Waals surface area contributed by atoms with Crippen LogP contribution in [0.1, 0.15) is 54.7 Å². The molecule has 0 bridgehead atoms. The molecule has 1 aromatic carbocycles. The summed E-state index contributed by atoms with van der Waals surface area (Å²) < 4.78 is 6.58. The highest BCUT2D eigenvalue weighted by atomic mass is 16.5. The second kappa shape index (κ2) is 8.17. The molecule has 1 atom stereocenters. The van der Waals surface area contributed by atoms with Crippen molar-refractivity contribution in [2.24, 2.45) is 5.92 Å². The van der Waals surface area contributed by atoms with E-state index in [1.54, 1.807) is 7.11 Å². The van der Waals surface area contributed by atoms with Crippen molar-refractivity contribution in [1.29, 1.82) is 0 Å². The van der Waals surface area contributed by atoms with Crippen LogP contribution in [0.25, 0.3) is 0 Å². The third-order valence-corrected chi connectivity index (χ3v) is 4.68. The summed E-state index contributed by atoms with van der Waals surface area (Å²) in [6, 6.07) is 10.6. The van der Waals surface area contributed by atoms with Gasteiger partial charge in [-0.2, -0.15) is 5.10 Å². The fourth-order valence-corrected chi connectivity index (χ4v) is 2.97. The Labute approximate surface area is 153 Å². The van der Waals surface area contributed by atoms with Crippen molar-refractivity contribution >= 4 is 5.91 Å². The van der Waals surface area contributed by atoms with Crippen LogP contribution in [0.4, 0.5) is 0 Å². The van der Waals surface area contributed by atoms with Crippen LogP contribution in [0.5, 0.6) is 5.75 Å². The van der Waals surface area contributed by atoms with E-state index >= 15 is 0 Å². The number of benzene rings is 1. The summed E-state index contributed by atoms with van der Waals surface area (Å²) in [4.78, 5) is 24.6. The largest absolute Gasteiger partial charge is 0.497 e. The fraction of sp³-hybridized carbons (Fsp3) is 0.450. The number of amides is 1. The summed E-state index contributed by atoms with van der Waals surface area (Å²) in [5.74, 6) is 0.987. The van der Waals surface area contributed by atoms with Crippen LogP contribution in [0.3, 0.4) is 0 Å². The number of nitrogens with one attached hydrogen (secondary N) is 1. The molecule has 1 fully saturated rings. The quantitative estimate of drug-likeness (QED) is 0.790. The van der Waals surface area contributed by atoms with Crippen LogP contribution in [-0.2, 0) is 6.54 Å². The van der Waals surface area contributed by atoms with E-state index in [4.69, 9.17) is 4.74 Å². The highest BCUT2D eigenvalue weighted by Gasteiger charge is 2.33. The standard InChI is InChI=1S/C20H25N3O3/c1-3-4-13-23-18(24)12-11-17(22-23)20(25)21-19(14-5-6-14)15-7-9-16(26-2)10-8-15/h7-12,14,19H,3-6,13H2,1-2H3,(H,21,25). The molecule has 1 aliphatic rings. The Morgan fingerprint density at radius 3 is 2.62 bits per heavy atom. The average molecular weight is 355 g/mol. The minimum absolute atomic E-state index is 0.0498. The predicted octanol–water partition coefficient (Wildman–Crippen LogP) is 2.93. The van der Waals surface area contributed by atoms with Crippen molar-refractivity contribution in [2.45, 2.75) is 45.2 Å². The van der Waals surface area contributed by atoms with Crippen molar-refractivity contribution < 1.29 is 9.53 Å². The van der Waals surface area contributed by atoms with Crippen LogP contribution in [0, 0.1) is 5.92 Å². The lowest BCUT2D eigenvalue weighted by atomic mass is 10.0. The average Bonchev–Trinajstić information content (AvgIpc) is 3.50. The molecule has 6 heteroatoms. The minimum atomic E-state index is -0.247. The van der Waals surface area contributed by atoms with Crippen LogP contribution >= 0.6 is 0 Å². The molecular formula is C20H25N3O3. The van der Waals surface area contributed by atoms with Crippen molar-refractivity contribution in [3.05, 3.63) is 58.0 Å². The predicted molar refractivity (Wildman–Crippen MR) is 99.3 cm³/mol. The number of carbonyl (C=O) groups is 1. The third-order valence-electron chi connectivity index (χ3n) is 4.68. The normalized spacial score (nSPS) is 14.7. The van der Waals surface area contributed by atoms with Gasteiger partial charge in [0.25, 0.3) is 11.5 Å². The van der Waals surface area contributed by atoms with Gasteiger partial charge in [0.05, 0.1) is 13.2 Å². The third kappa shape index (κ3) is 4.31. The molecule has 1 aliphatic carbocycles. The zero-order valence-corrected chi connectivity index (χ0v) is 15.3. The van der Waals surface area contributed by atoms with Crippen LogP contribution < -0.4 is 15.6 Å². The van der Waals surface area contributed by atoms with Gasteiger partial charge < -0.3 is 10.1 Å². The van der Waals surface area contributed by atoms with Crippen LogP contribution in [-0.4, -0.2) is 22.8 Å². The van der Waals surface area contributed by atoms with Gasteiger partial charge in [-0.1, -0.05) is 25.5 Å². The number of nitrogens with zero attached hydrogens (tertiary/aromatic N) is 2. The Hall–Kier alpha value is -2.63. The molecule has 1 saturated carbocycles. The van der Waals surface area contributed by atoms with E-state index in [1.165, 1.54) is 16.8 Å². The Morgan fingerprint density at radius 2 is 2.00 bits per heavy atom. The molecule has 26 heavy (non-hydrogen) atoms. The van der Waals surface area contributed by atoms with Crippen LogP contribution in [0.2, 0.25) is 0 Å². The smallest absolute Gasteiger partial charge is 0.272 e. The number of unbranched alkanes of at least 4 members (excludes halogenated alkanes) is 1. The van der Waals surface area contributed by atoms with E-state index in [0.717, 1.165) is 37.0 Å². The maximum absolute atomic E-state index is 12.7. The molecule has 1 heterocycles. The van der Waals surface area contributed by atoms with Gasteiger partial charge in [-0.25, -0.2) is 4.68 Å². The number of methoxy groups -OCH3 is 1. The summed E-state index contributed by atoms with van der Waals surface area (Å²) in [5.41, 5.74) is 1.16.